The minimum atomic E-state index is -3.20. The Morgan fingerprint density at radius 2 is 1.84 bits per heavy atom. The van der Waals surface area contributed by atoms with Crippen LogP contribution in [0.2, 0.25) is 0 Å². The van der Waals surface area contributed by atoms with E-state index in [4.69, 9.17) is 4.74 Å². The van der Waals surface area contributed by atoms with Crippen LogP contribution in [-0.4, -0.2) is 31.3 Å². The Kier molecular flexibility index (Phi) is 5.41. The van der Waals surface area contributed by atoms with Crippen LogP contribution in [0.4, 0.5) is 15.8 Å². The molecule has 2 heterocycles. The third-order valence-corrected chi connectivity index (χ3v) is 5.83. The molecule has 2 aromatic heterocycles. The monoisotopic (exact) mass is 439 g/mol. The van der Waals surface area contributed by atoms with E-state index in [0.29, 0.717) is 11.4 Å². The zero-order chi connectivity index (χ0) is 22.2. The summed E-state index contributed by atoms with van der Waals surface area (Å²) < 4.78 is 44.4. The van der Waals surface area contributed by atoms with Gasteiger partial charge in [0.2, 0.25) is 5.88 Å². The first-order valence-corrected chi connectivity index (χ1v) is 11.6. The van der Waals surface area contributed by atoms with E-state index >= 15 is 0 Å². The maximum atomic E-state index is 13.3. The summed E-state index contributed by atoms with van der Waals surface area (Å²) >= 11 is 0. The van der Waals surface area contributed by atoms with Crippen molar-refractivity contribution < 1.29 is 17.5 Å². The highest BCUT2D eigenvalue weighted by atomic mass is 32.2. The molecule has 6 nitrogen and oxygen atoms in total. The lowest BCUT2D eigenvalue weighted by molar-refractivity contribution is 0.401. The normalized spacial score (nSPS) is 11.6. The standard InChI is InChI=1S/C23H22FN3O3S/c1-27-13-20(18-10-11-25-23(30-2)22(18)27)19-12-15(14-31(3,28)29)4-9-21(19)26-17-7-5-16(24)6-8-17/h4-13,26H,14H2,1-3H3. The molecule has 0 atom stereocenters. The summed E-state index contributed by atoms with van der Waals surface area (Å²) in [5, 5.41) is 4.24. The molecule has 0 aliphatic heterocycles. The molecule has 8 heteroatoms. The number of sulfone groups is 1. The van der Waals surface area contributed by atoms with Crippen molar-refractivity contribution in [3.63, 3.8) is 0 Å². The maximum Gasteiger partial charge on any atom is 0.238 e. The van der Waals surface area contributed by atoms with Crippen molar-refractivity contribution in [1.29, 1.82) is 0 Å². The molecule has 0 aliphatic rings. The molecule has 1 N–H and O–H groups in total. The van der Waals surface area contributed by atoms with Crippen molar-refractivity contribution in [3.8, 4) is 17.0 Å². The number of nitrogens with one attached hydrogen (secondary N) is 1. The van der Waals surface area contributed by atoms with E-state index in [-0.39, 0.29) is 11.6 Å². The molecular weight excluding hydrogens is 417 g/mol. The van der Waals surface area contributed by atoms with Gasteiger partial charge in [-0.3, -0.25) is 0 Å². The van der Waals surface area contributed by atoms with Gasteiger partial charge in [0.05, 0.1) is 12.9 Å². The van der Waals surface area contributed by atoms with Gasteiger partial charge in [-0.1, -0.05) is 6.07 Å². The zero-order valence-corrected chi connectivity index (χ0v) is 18.2. The van der Waals surface area contributed by atoms with Gasteiger partial charge < -0.3 is 14.6 Å². The van der Waals surface area contributed by atoms with Crippen LogP contribution >= 0.6 is 0 Å². The summed E-state index contributed by atoms with van der Waals surface area (Å²) in [7, 11) is 0.280. The average molecular weight is 440 g/mol. The number of pyridine rings is 1. The molecule has 4 aromatic rings. The smallest absolute Gasteiger partial charge is 0.238 e. The van der Waals surface area contributed by atoms with E-state index < -0.39 is 9.84 Å². The number of nitrogens with zero attached hydrogens (tertiary/aromatic N) is 2. The highest BCUT2D eigenvalue weighted by molar-refractivity contribution is 7.89. The van der Waals surface area contributed by atoms with E-state index in [1.807, 2.05) is 36.0 Å². The highest BCUT2D eigenvalue weighted by Crippen LogP contribution is 2.39. The number of benzene rings is 2. The predicted molar refractivity (Wildman–Crippen MR) is 121 cm³/mol. The number of aryl methyl sites for hydroxylation is 1. The molecule has 0 amide bonds. The number of aromatic nitrogens is 2. The van der Waals surface area contributed by atoms with Crippen molar-refractivity contribution in [1.82, 2.24) is 9.55 Å². The van der Waals surface area contributed by atoms with Crippen molar-refractivity contribution >= 4 is 32.1 Å². The number of hydrogen-bond donors (Lipinski definition) is 1. The summed E-state index contributed by atoms with van der Waals surface area (Å²) in [4.78, 5) is 4.28. The lowest BCUT2D eigenvalue weighted by Gasteiger charge is -2.14. The Balaban J connectivity index is 1.90. The van der Waals surface area contributed by atoms with Crippen LogP contribution in [0.25, 0.3) is 22.0 Å². The van der Waals surface area contributed by atoms with Crippen molar-refractivity contribution in [2.45, 2.75) is 5.75 Å². The van der Waals surface area contributed by atoms with Gasteiger partial charge in [0.25, 0.3) is 0 Å². The first-order valence-electron chi connectivity index (χ1n) is 9.57. The lowest BCUT2D eigenvalue weighted by atomic mass is 10.0. The number of anilines is 2. The molecule has 0 saturated heterocycles. The Labute approximate surface area is 180 Å². The fourth-order valence-electron chi connectivity index (χ4n) is 3.69. The summed E-state index contributed by atoms with van der Waals surface area (Å²) in [6.45, 7) is 0. The quantitative estimate of drug-likeness (QED) is 0.472. The van der Waals surface area contributed by atoms with E-state index in [1.54, 1.807) is 31.5 Å². The molecule has 0 saturated carbocycles. The van der Waals surface area contributed by atoms with Crippen LogP contribution in [0.15, 0.2) is 60.9 Å². The molecule has 0 fully saturated rings. The molecule has 160 valence electrons. The Morgan fingerprint density at radius 1 is 1.10 bits per heavy atom. The van der Waals surface area contributed by atoms with E-state index in [9.17, 15) is 12.8 Å². The first-order chi connectivity index (χ1) is 14.7. The third-order valence-electron chi connectivity index (χ3n) is 4.98. The number of hydrogen-bond acceptors (Lipinski definition) is 5. The number of halogens is 1. The van der Waals surface area contributed by atoms with Crippen LogP contribution in [0.5, 0.6) is 5.88 Å². The molecule has 2 aromatic carbocycles. The minimum absolute atomic E-state index is 0.0630. The zero-order valence-electron chi connectivity index (χ0n) is 17.4. The fourth-order valence-corrected chi connectivity index (χ4v) is 4.47. The van der Waals surface area contributed by atoms with E-state index in [0.717, 1.165) is 33.4 Å². The molecule has 31 heavy (non-hydrogen) atoms. The van der Waals surface area contributed by atoms with Crippen molar-refractivity contribution in [2.75, 3.05) is 18.7 Å². The number of ether oxygens (including phenoxy) is 1. The van der Waals surface area contributed by atoms with Gasteiger partial charge in [0.1, 0.15) is 11.3 Å². The van der Waals surface area contributed by atoms with Gasteiger partial charge >= 0.3 is 0 Å². The summed E-state index contributed by atoms with van der Waals surface area (Å²) in [6.07, 6.45) is 4.86. The summed E-state index contributed by atoms with van der Waals surface area (Å²) in [6, 6.07) is 13.5. The predicted octanol–water partition coefficient (Wildman–Crippen LogP) is 4.68. The molecule has 0 spiro atoms. The van der Waals surface area contributed by atoms with Gasteiger partial charge in [-0.05, 0) is 48.0 Å². The molecule has 4 rings (SSSR count). The topological polar surface area (TPSA) is 73.2 Å². The van der Waals surface area contributed by atoms with Gasteiger partial charge in [-0.25, -0.2) is 17.8 Å². The summed E-state index contributed by atoms with van der Waals surface area (Å²) in [5.41, 5.74) is 4.73. The van der Waals surface area contributed by atoms with Gasteiger partial charge in [0.15, 0.2) is 9.84 Å². The van der Waals surface area contributed by atoms with Crippen LogP contribution in [-0.2, 0) is 22.6 Å². The molecular formula is C23H22FN3O3S. The van der Waals surface area contributed by atoms with Crippen molar-refractivity contribution in [3.05, 3.63) is 72.3 Å². The molecule has 0 aliphatic carbocycles. The first kappa shape index (κ1) is 20.9. The third kappa shape index (κ3) is 4.39. The lowest BCUT2D eigenvalue weighted by Crippen LogP contribution is -2.02. The van der Waals surface area contributed by atoms with E-state index in [2.05, 4.69) is 10.3 Å². The summed E-state index contributed by atoms with van der Waals surface area (Å²) in [5.74, 6) is 0.126. The van der Waals surface area contributed by atoms with Crippen LogP contribution in [0.1, 0.15) is 5.56 Å². The average Bonchev–Trinajstić information content (AvgIpc) is 3.06. The maximum absolute atomic E-state index is 13.3. The fraction of sp³-hybridized carbons (Fsp3) is 0.174. The van der Waals surface area contributed by atoms with Crippen LogP contribution < -0.4 is 10.1 Å². The molecule has 0 bridgehead atoms. The van der Waals surface area contributed by atoms with E-state index in [1.165, 1.54) is 18.4 Å². The van der Waals surface area contributed by atoms with Gasteiger partial charge in [0, 0.05) is 53.6 Å². The molecule has 0 unspecified atom stereocenters. The second-order valence-electron chi connectivity index (χ2n) is 7.45. The Morgan fingerprint density at radius 3 is 2.52 bits per heavy atom. The highest BCUT2D eigenvalue weighted by Gasteiger charge is 2.17. The Bertz CT molecular complexity index is 1360. The number of fused-ring (bicyclic) bond motifs is 1. The second-order valence-corrected chi connectivity index (χ2v) is 9.59. The van der Waals surface area contributed by atoms with Crippen LogP contribution in [0.3, 0.4) is 0 Å². The molecule has 0 radical (unpaired) electrons. The van der Waals surface area contributed by atoms with Gasteiger partial charge in [-0.2, -0.15) is 0 Å². The van der Waals surface area contributed by atoms with Gasteiger partial charge in [-0.15, -0.1) is 0 Å². The Hall–Kier alpha value is -3.39. The minimum Gasteiger partial charge on any atom is -0.479 e. The SMILES string of the molecule is COc1nccc2c(-c3cc(CS(C)(=O)=O)ccc3Nc3ccc(F)cc3)cn(C)c12. The van der Waals surface area contributed by atoms with Crippen molar-refractivity contribution in [2.24, 2.45) is 7.05 Å². The largest absolute Gasteiger partial charge is 0.479 e. The van der Waals surface area contributed by atoms with Crippen LogP contribution in [0, 0.1) is 5.82 Å². The number of methoxy groups -OCH3 is 1. The number of rotatable bonds is 6. The second kappa shape index (κ2) is 8.03.